The molecule has 1 heterocycles. The van der Waals surface area contributed by atoms with Gasteiger partial charge in [-0.2, -0.15) is 0 Å². The molecule has 1 saturated heterocycles. The molecule has 1 N–H and O–H groups in total. The van der Waals surface area contributed by atoms with E-state index >= 15 is 0 Å². The third kappa shape index (κ3) is 1.81. The first-order valence-corrected chi connectivity index (χ1v) is 7.07. The van der Waals surface area contributed by atoms with Crippen molar-refractivity contribution in [1.82, 2.24) is 5.32 Å². The Labute approximate surface area is 105 Å². The van der Waals surface area contributed by atoms with Crippen LogP contribution >= 0.6 is 0 Å². The molecule has 0 amide bonds. The molecule has 1 aromatic rings. The van der Waals surface area contributed by atoms with Crippen molar-refractivity contribution < 1.29 is 0 Å². The van der Waals surface area contributed by atoms with Gasteiger partial charge in [0.2, 0.25) is 0 Å². The summed E-state index contributed by atoms with van der Waals surface area (Å²) in [4.78, 5) is 0. The van der Waals surface area contributed by atoms with Crippen molar-refractivity contribution in [3.8, 4) is 0 Å². The Balaban J connectivity index is 2.11. The molecule has 1 nitrogen and oxygen atoms in total. The lowest BCUT2D eigenvalue weighted by atomic mass is 9.78. The fourth-order valence-electron chi connectivity index (χ4n) is 3.69. The number of rotatable bonds is 1. The predicted octanol–water partition coefficient (Wildman–Crippen LogP) is 3.47. The summed E-state index contributed by atoms with van der Waals surface area (Å²) in [6.07, 6.45) is 7.96. The molecule has 3 rings (SSSR count). The molecule has 0 saturated carbocycles. The zero-order valence-corrected chi connectivity index (χ0v) is 11.1. The van der Waals surface area contributed by atoms with Gasteiger partial charge in [-0.1, -0.05) is 12.1 Å². The lowest BCUT2D eigenvalue weighted by Gasteiger charge is -2.31. The summed E-state index contributed by atoms with van der Waals surface area (Å²) >= 11 is 0. The van der Waals surface area contributed by atoms with E-state index in [1.807, 2.05) is 0 Å². The maximum atomic E-state index is 3.72. The fraction of sp³-hybridized carbons (Fsp3) is 0.625. The lowest BCUT2D eigenvalue weighted by molar-refractivity contribution is 0.427. The molecule has 17 heavy (non-hydrogen) atoms. The first-order valence-electron chi connectivity index (χ1n) is 7.07. The van der Waals surface area contributed by atoms with E-state index in [2.05, 4.69) is 31.3 Å². The van der Waals surface area contributed by atoms with Gasteiger partial charge < -0.3 is 5.32 Å². The van der Waals surface area contributed by atoms with Crippen LogP contribution in [-0.2, 0) is 18.4 Å². The molecule has 92 valence electrons. The second-order valence-electron chi connectivity index (χ2n) is 5.96. The first-order chi connectivity index (χ1) is 8.21. The van der Waals surface area contributed by atoms with Crippen LogP contribution in [0.4, 0.5) is 0 Å². The smallest absolute Gasteiger partial charge is 0.0409 e. The van der Waals surface area contributed by atoms with Crippen molar-refractivity contribution in [2.75, 3.05) is 6.54 Å². The van der Waals surface area contributed by atoms with Crippen LogP contribution in [0.25, 0.3) is 0 Å². The Morgan fingerprint density at radius 1 is 1.06 bits per heavy atom. The number of fused-ring (bicyclic) bond motifs is 1. The Morgan fingerprint density at radius 3 is 2.53 bits per heavy atom. The van der Waals surface area contributed by atoms with E-state index in [1.165, 1.54) is 50.6 Å². The van der Waals surface area contributed by atoms with E-state index in [-0.39, 0.29) is 5.54 Å². The van der Waals surface area contributed by atoms with Gasteiger partial charge in [0.15, 0.2) is 0 Å². The highest BCUT2D eigenvalue weighted by atomic mass is 15.0. The highest BCUT2D eigenvalue weighted by molar-refractivity contribution is 5.45. The largest absolute Gasteiger partial charge is 0.308 e. The average molecular weight is 229 g/mol. The predicted molar refractivity (Wildman–Crippen MR) is 72.4 cm³/mol. The number of hydrogen-bond acceptors (Lipinski definition) is 1. The van der Waals surface area contributed by atoms with Crippen molar-refractivity contribution in [2.24, 2.45) is 0 Å². The molecule has 1 aromatic carbocycles. The van der Waals surface area contributed by atoms with Crippen molar-refractivity contribution in [3.63, 3.8) is 0 Å². The van der Waals surface area contributed by atoms with Crippen molar-refractivity contribution in [1.29, 1.82) is 0 Å². The Morgan fingerprint density at radius 2 is 1.82 bits per heavy atom. The Hall–Kier alpha value is -0.820. The molecule has 1 fully saturated rings. The molecule has 0 radical (unpaired) electrons. The van der Waals surface area contributed by atoms with Gasteiger partial charge in [0.05, 0.1) is 0 Å². The monoisotopic (exact) mass is 229 g/mol. The summed E-state index contributed by atoms with van der Waals surface area (Å²) in [5.41, 5.74) is 6.67. The average Bonchev–Trinajstić information content (AvgIpc) is 2.78. The van der Waals surface area contributed by atoms with Crippen LogP contribution in [-0.4, -0.2) is 6.54 Å². The Bertz CT molecular complexity index is 427. The molecule has 0 spiro atoms. The van der Waals surface area contributed by atoms with E-state index in [0.29, 0.717) is 0 Å². The van der Waals surface area contributed by atoms with Gasteiger partial charge in [-0.15, -0.1) is 0 Å². The second-order valence-corrected chi connectivity index (χ2v) is 5.96. The van der Waals surface area contributed by atoms with E-state index in [1.54, 1.807) is 16.7 Å². The molecular weight excluding hydrogens is 206 g/mol. The summed E-state index contributed by atoms with van der Waals surface area (Å²) in [5, 5.41) is 3.72. The van der Waals surface area contributed by atoms with Crippen LogP contribution < -0.4 is 5.32 Å². The standard InChI is InChI=1S/C16H23N/c1-12-8-9-15(16(2)10-5-11-17-16)14-7-4-3-6-13(12)14/h8-9,17H,3-7,10-11H2,1-2H3. The molecule has 0 aromatic heterocycles. The van der Waals surface area contributed by atoms with Crippen molar-refractivity contribution >= 4 is 0 Å². The normalized spacial score (nSPS) is 28.1. The molecular formula is C16H23N. The highest BCUT2D eigenvalue weighted by Crippen LogP contribution is 2.37. The van der Waals surface area contributed by atoms with Crippen LogP contribution in [0, 0.1) is 6.92 Å². The van der Waals surface area contributed by atoms with E-state index in [0.717, 1.165) is 0 Å². The number of hydrogen-bond donors (Lipinski definition) is 1. The molecule has 2 aliphatic rings. The lowest BCUT2D eigenvalue weighted by Crippen LogP contribution is -2.35. The third-order valence-corrected chi connectivity index (χ3v) is 4.73. The quantitative estimate of drug-likeness (QED) is 0.777. The Kier molecular flexibility index (Phi) is 2.74. The number of aryl methyl sites for hydroxylation is 1. The van der Waals surface area contributed by atoms with Gasteiger partial charge in [0.25, 0.3) is 0 Å². The minimum absolute atomic E-state index is 0.245. The van der Waals surface area contributed by atoms with Crippen molar-refractivity contribution in [2.45, 2.75) is 57.9 Å². The molecule has 1 heteroatoms. The minimum Gasteiger partial charge on any atom is -0.308 e. The maximum absolute atomic E-state index is 3.72. The summed E-state index contributed by atoms with van der Waals surface area (Å²) in [6.45, 7) is 5.84. The van der Waals surface area contributed by atoms with Crippen molar-refractivity contribution in [3.05, 3.63) is 34.4 Å². The minimum atomic E-state index is 0.245. The van der Waals surface area contributed by atoms with Crippen LogP contribution in [0.1, 0.15) is 54.9 Å². The summed E-state index contributed by atoms with van der Waals surface area (Å²) in [6, 6.07) is 4.72. The molecule has 1 atom stereocenters. The van der Waals surface area contributed by atoms with Gasteiger partial charge >= 0.3 is 0 Å². The second kappa shape index (κ2) is 4.13. The van der Waals surface area contributed by atoms with Gasteiger partial charge in [0.1, 0.15) is 0 Å². The molecule has 0 bridgehead atoms. The number of nitrogens with one attached hydrogen (secondary N) is 1. The molecule has 1 aliphatic carbocycles. The van der Waals surface area contributed by atoms with Gasteiger partial charge in [-0.05, 0) is 81.2 Å². The van der Waals surface area contributed by atoms with Gasteiger partial charge in [-0.3, -0.25) is 0 Å². The van der Waals surface area contributed by atoms with E-state index in [4.69, 9.17) is 0 Å². The van der Waals surface area contributed by atoms with Crippen LogP contribution in [0.2, 0.25) is 0 Å². The maximum Gasteiger partial charge on any atom is 0.0409 e. The number of benzene rings is 1. The first kappa shape index (κ1) is 11.3. The fourth-order valence-corrected chi connectivity index (χ4v) is 3.69. The third-order valence-electron chi connectivity index (χ3n) is 4.73. The summed E-state index contributed by atoms with van der Waals surface area (Å²) < 4.78 is 0. The highest BCUT2D eigenvalue weighted by Gasteiger charge is 2.33. The topological polar surface area (TPSA) is 12.0 Å². The van der Waals surface area contributed by atoms with Crippen LogP contribution in [0.3, 0.4) is 0 Å². The summed E-state index contributed by atoms with van der Waals surface area (Å²) in [5.74, 6) is 0. The van der Waals surface area contributed by atoms with Crippen LogP contribution in [0.5, 0.6) is 0 Å². The van der Waals surface area contributed by atoms with Gasteiger partial charge in [0, 0.05) is 5.54 Å². The molecule has 1 aliphatic heterocycles. The van der Waals surface area contributed by atoms with E-state index < -0.39 is 0 Å². The van der Waals surface area contributed by atoms with E-state index in [9.17, 15) is 0 Å². The zero-order valence-electron chi connectivity index (χ0n) is 11.1. The SMILES string of the molecule is Cc1ccc(C2(C)CCCN2)c2c1CCCC2. The zero-order chi connectivity index (χ0) is 11.9. The molecule has 1 unspecified atom stereocenters. The summed E-state index contributed by atoms with van der Waals surface area (Å²) in [7, 11) is 0. The van der Waals surface area contributed by atoms with Crippen LogP contribution in [0.15, 0.2) is 12.1 Å². The van der Waals surface area contributed by atoms with Gasteiger partial charge in [-0.25, -0.2) is 0 Å².